The van der Waals surface area contributed by atoms with Crippen LogP contribution < -0.4 is 5.73 Å². The molecule has 3 heteroatoms. The maximum atomic E-state index is 12.7. The van der Waals surface area contributed by atoms with Crippen molar-refractivity contribution >= 4 is 0 Å². The average molecular weight is 208 g/mol. The Kier molecular flexibility index (Phi) is 3.34. The van der Waals surface area contributed by atoms with E-state index in [0.29, 0.717) is 6.04 Å². The summed E-state index contributed by atoms with van der Waals surface area (Å²) in [4.78, 5) is 2.37. The Morgan fingerprint density at radius 2 is 1.80 bits per heavy atom. The summed E-state index contributed by atoms with van der Waals surface area (Å²) in [6.07, 6.45) is 2.14. The normalized spacial score (nSPS) is 19.3. The lowest BCUT2D eigenvalue weighted by Gasteiger charge is -2.29. The molecular formula is C12H17FN2. The fraction of sp³-hybridized carbons (Fsp3) is 0.500. The number of benzene rings is 1. The van der Waals surface area contributed by atoms with Crippen LogP contribution in [0.1, 0.15) is 18.4 Å². The first kappa shape index (κ1) is 10.6. The standard InChI is InChI=1S/C12H17FN2/c13-11-3-1-10(2-4-11)9-15-7-5-12(14)6-8-15/h1-4,12H,5-9,14H2. The van der Waals surface area contributed by atoms with Gasteiger partial charge in [0.1, 0.15) is 5.82 Å². The van der Waals surface area contributed by atoms with E-state index in [1.54, 1.807) is 0 Å². The van der Waals surface area contributed by atoms with Gasteiger partial charge in [0.15, 0.2) is 0 Å². The van der Waals surface area contributed by atoms with Gasteiger partial charge in [-0.05, 0) is 43.6 Å². The molecule has 1 aliphatic heterocycles. The van der Waals surface area contributed by atoms with E-state index >= 15 is 0 Å². The van der Waals surface area contributed by atoms with Crippen LogP contribution in [0.25, 0.3) is 0 Å². The second-order valence-corrected chi connectivity index (χ2v) is 4.24. The summed E-state index contributed by atoms with van der Waals surface area (Å²) in [5.41, 5.74) is 7.01. The van der Waals surface area contributed by atoms with Crippen LogP contribution in [0.3, 0.4) is 0 Å². The topological polar surface area (TPSA) is 29.3 Å². The Balaban J connectivity index is 1.89. The smallest absolute Gasteiger partial charge is 0.123 e. The number of halogens is 1. The summed E-state index contributed by atoms with van der Waals surface area (Å²) in [6, 6.07) is 7.11. The Morgan fingerprint density at radius 3 is 2.40 bits per heavy atom. The van der Waals surface area contributed by atoms with E-state index in [9.17, 15) is 4.39 Å². The van der Waals surface area contributed by atoms with E-state index < -0.39 is 0 Å². The van der Waals surface area contributed by atoms with Gasteiger partial charge in [-0.15, -0.1) is 0 Å². The van der Waals surface area contributed by atoms with Gasteiger partial charge in [0, 0.05) is 12.6 Å². The largest absolute Gasteiger partial charge is 0.328 e. The minimum Gasteiger partial charge on any atom is -0.328 e. The van der Waals surface area contributed by atoms with Crippen LogP contribution in [-0.2, 0) is 6.54 Å². The van der Waals surface area contributed by atoms with Gasteiger partial charge in [0.25, 0.3) is 0 Å². The molecule has 0 spiro atoms. The van der Waals surface area contributed by atoms with Crippen LogP contribution in [0.4, 0.5) is 4.39 Å². The molecule has 0 atom stereocenters. The zero-order valence-electron chi connectivity index (χ0n) is 8.82. The lowest BCUT2D eigenvalue weighted by molar-refractivity contribution is 0.205. The molecule has 1 fully saturated rings. The first-order valence-corrected chi connectivity index (χ1v) is 5.46. The van der Waals surface area contributed by atoms with E-state index in [2.05, 4.69) is 4.90 Å². The predicted molar refractivity (Wildman–Crippen MR) is 58.9 cm³/mol. The van der Waals surface area contributed by atoms with E-state index in [-0.39, 0.29) is 5.82 Å². The number of likely N-dealkylation sites (tertiary alicyclic amines) is 1. The van der Waals surface area contributed by atoms with Crippen molar-refractivity contribution < 1.29 is 4.39 Å². The van der Waals surface area contributed by atoms with Crippen molar-refractivity contribution in [3.63, 3.8) is 0 Å². The summed E-state index contributed by atoms with van der Waals surface area (Å²) in [6.45, 7) is 3.02. The zero-order valence-corrected chi connectivity index (χ0v) is 8.82. The molecule has 1 saturated heterocycles. The number of nitrogens with zero attached hydrogens (tertiary/aromatic N) is 1. The molecule has 1 aromatic carbocycles. The molecule has 0 amide bonds. The van der Waals surface area contributed by atoms with Gasteiger partial charge in [-0.2, -0.15) is 0 Å². The minimum absolute atomic E-state index is 0.167. The second kappa shape index (κ2) is 4.73. The van der Waals surface area contributed by atoms with Gasteiger partial charge in [0.2, 0.25) is 0 Å². The van der Waals surface area contributed by atoms with Crippen LogP contribution in [0.2, 0.25) is 0 Å². The van der Waals surface area contributed by atoms with Crippen molar-refractivity contribution in [1.82, 2.24) is 4.90 Å². The van der Waals surface area contributed by atoms with Crippen molar-refractivity contribution in [2.24, 2.45) is 5.73 Å². The number of nitrogens with two attached hydrogens (primary N) is 1. The van der Waals surface area contributed by atoms with Gasteiger partial charge >= 0.3 is 0 Å². The van der Waals surface area contributed by atoms with Crippen molar-refractivity contribution in [3.05, 3.63) is 35.6 Å². The third-order valence-corrected chi connectivity index (χ3v) is 2.95. The molecule has 15 heavy (non-hydrogen) atoms. The highest BCUT2D eigenvalue weighted by molar-refractivity contribution is 5.15. The molecule has 2 N–H and O–H groups in total. The first-order valence-electron chi connectivity index (χ1n) is 5.46. The van der Waals surface area contributed by atoms with Crippen LogP contribution >= 0.6 is 0 Å². The van der Waals surface area contributed by atoms with Crippen molar-refractivity contribution in [2.45, 2.75) is 25.4 Å². The molecule has 0 saturated carbocycles. The Bertz CT molecular complexity index is 302. The van der Waals surface area contributed by atoms with Gasteiger partial charge in [-0.3, -0.25) is 4.90 Å². The highest BCUT2D eigenvalue weighted by Gasteiger charge is 2.15. The first-order chi connectivity index (χ1) is 7.24. The molecule has 2 nitrogen and oxygen atoms in total. The van der Waals surface area contributed by atoms with E-state index in [0.717, 1.165) is 32.5 Å². The summed E-state index contributed by atoms with van der Waals surface area (Å²) >= 11 is 0. The highest BCUT2D eigenvalue weighted by Crippen LogP contribution is 2.12. The van der Waals surface area contributed by atoms with Crippen LogP contribution in [0.5, 0.6) is 0 Å². The molecule has 0 bridgehead atoms. The Hall–Kier alpha value is -0.930. The van der Waals surface area contributed by atoms with Crippen LogP contribution in [0.15, 0.2) is 24.3 Å². The second-order valence-electron chi connectivity index (χ2n) is 4.24. The lowest BCUT2D eigenvalue weighted by Crippen LogP contribution is -2.39. The Labute approximate surface area is 89.9 Å². The summed E-state index contributed by atoms with van der Waals surface area (Å²) < 4.78 is 12.7. The maximum Gasteiger partial charge on any atom is 0.123 e. The average Bonchev–Trinajstić information content (AvgIpc) is 2.25. The van der Waals surface area contributed by atoms with Crippen LogP contribution in [0, 0.1) is 5.82 Å². The number of piperidine rings is 1. The zero-order chi connectivity index (χ0) is 10.7. The molecule has 0 unspecified atom stereocenters. The van der Waals surface area contributed by atoms with Gasteiger partial charge in [0.05, 0.1) is 0 Å². The maximum absolute atomic E-state index is 12.7. The van der Waals surface area contributed by atoms with E-state index in [4.69, 9.17) is 5.73 Å². The predicted octanol–water partition coefficient (Wildman–Crippen LogP) is 1.75. The molecule has 0 radical (unpaired) electrons. The fourth-order valence-electron chi connectivity index (χ4n) is 1.96. The Morgan fingerprint density at radius 1 is 1.20 bits per heavy atom. The van der Waals surface area contributed by atoms with Crippen molar-refractivity contribution in [2.75, 3.05) is 13.1 Å². The molecule has 1 heterocycles. The number of hydrogen-bond donors (Lipinski definition) is 1. The summed E-state index contributed by atoms with van der Waals surface area (Å²) in [7, 11) is 0. The monoisotopic (exact) mass is 208 g/mol. The highest BCUT2D eigenvalue weighted by atomic mass is 19.1. The molecule has 1 aromatic rings. The third kappa shape index (κ3) is 3.01. The van der Waals surface area contributed by atoms with E-state index in [1.165, 1.54) is 17.7 Å². The van der Waals surface area contributed by atoms with E-state index in [1.807, 2.05) is 12.1 Å². The molecule has 82 valence electrons. The third-order valence-electron chi connectivity index (χ3n) is 2.95. The van der Waals surface area contributed by atoms with Crippen molar-refractivity contribution in [3.8, 4) is 0 Å². The van der Waals surface area contributed by atoms with Gasteiger partial charge in [-0.1, -0.05) is 12.1 Å². The molecule has 1 aliphatic rings. The van der Waals surface area contributed by atoms with Gasteiger partial charge in [-0.25, -0.2) is 4.39 Å². The molecule has 0 aromatic heterocycles. The molecule has 2 rings (SSSR count). The minimum atomic E-state index is -0.167. The summed E-state index contributed by atoms with van der Waals surface area (Å²) in [5.74, 6) is -0.167. The SMILES string of the molecule is NC1CCN(Cc2ccc(F)cc2)CC1. The van der Waals surface area contributed by atoms with Crippen LogP contribution in [-0.4, -0.2) is 24.0 Å². The fourth-order valence-corrected chi connectivity index (χ4v) is 1.96. The quantitative estimate of drug-likeness (QED) is 0.802. The lowest BCUT2D eigenvalue weighted by atomic mass is 10.1. The van der Waals surface area contributed by atoms with Crippen molar-refractivity contribution in [1.29, 1.82) is 0 Å². The number of rotatable bonds is 2. The number of hydrogen-bond acceptors (Lipinski definition) is 2. The summed E-state index contributed by atoms with van der Waals surface area (Å²) in [5, 5.41) is 0. The molecule has 0 aliphatic carbocycles. The van der Waals surface area contributed by atoms with Gasteiger partial charge < -0.3 is 5.73 Å². The molecular weight excluding hydrogens is 191 g/mol.